The molecule has 6 nitrogen and oxygen atoms in total. The van der Waals surface area contributed by atoms with Crippen LogP contribution in [-0.2, 0) is 16.1 Å². The summed E-state index contributed by atoms with van der Waals surface area (Å²) in [6, 6.07) is 5.08. The van der Waals surface area contributed by atoms with Crippen molar-refractivity contribution in [2.24, 2.45) is 11.8 Å². The molecule has 1 atom stereocenters. The maximum atomic E-state index is 12.6. The molecule has 2 amide bonds. The van der Waals surface area contributed by atoms with Gasteiger partial charge in [-0.1, -0.05) is 19.9 Å². The number of carbonyl (C=O) groups is 2. The fourth-order valence-electron chi connectivity index (χ4n) is 3.05. The number of methoxy groups -OCH3 is 1. The van der Waals surface area contributed by atoms with E-state index in [2.05, 4.69) is 13.8 Å². The van der Waals surface area contributed by atoms with Crippen molar-refractivity contribution < 1.29 is 19.4 Å². The molecule has 0 unspecified atom stereocenters. The van der Waals surface area contributed by atoms with Gasteiger partial charge in [-0.3, -0.25) is 9.59 Å². The molecule has 2 rings (SSSR count). The molecule has 6 heteroatoms. The van der Waals surface area contributed by atoms with Gasteiger partial charge >= 0.3 is 0 Å². The van der Waals surface area contributed by atoms with E-state index in [1.807, 2.05) is 6.07 Å². The Morgan fingerprint density at radius 2 is 2.17 bits per heavy atom. The van der Waals surface area contributed by atoms with Crippen LogP contribution in [0.1, 0.15) is 25.8 Å². The third kappa shape index (κ3) is 4.19. The van der Waals surface area contributed by atoms with E-state index in [0.29, 0.717) is 31.3 Å². The lowest BCUT2D eigenvalue weighted by Gasteiger charge is -2.22. The summed E-state index contributed by atoms with van der Waals surface area (Å²) in [4.78, 5) is 28.0. The highest BCUT2D eigenvalue weighted by atomic mass is 16.5. The monoisotopic (exact) mass is 334 g/mol. The van der Waals surface area contributed by atoms with Gasteiger partial charge in [-0.25, -0.2) is 0 Å². The highest BCUT2D eigenvalue weighted by molar-refractivity contribution is 5.89. The number of carbonyl (C=O) groups excluding carboxylic acids is 2. The number of hydrogen-bond donors (Lipinski definition) is 1. The number of amides is 2. The van der Waals surface area contributed by atoms with Gasteiger partial charge in [0.15, 0.2) is 11.5 Å². The van der Waals surface area contributed by atoms with Crippen molar-refractivity contribution in [3.63, 3.8) is 0 Å². The van der Waals surface area contributed by atoms with Gasteiger partial charge in [0.2, 0.25) is 11.8 Å². The number of aromatic hydroxyl groups is 1. The molecule has 1 fully saturated rings. The Morgan fingerprint density at radius 3 is 2.75 bits per heavy atom. The highest BCUT2D eigenvalue weighted by Crippen LogP contribution is 2.27. The normalized spacial score (nSPS) is 17.5. The van der Waals surface area contributed by atoms with Crippen LogP contribution in [0.25, 0.3) is 0 Å². The molecule has 0 spiro atoms. The summed E-state index contributed by atoms with van der Waals surface area (Å²) in [7, 11) is 3.21. The van der Waals surface area contributed by atoms with Gasteiger partial charge in [0.05, 0.1) is 13.0 Å². The summed E-state index contributed by atoms with van der Waals surface area (Å²) in [5, 5.41) is 9.83. The largest absolute Gasteiger partial charge is 0.504 e. The second kappa shape index (κ2) is 7.55. The maximum absolute atomic E-state index is 12.6. The van der Waals surface area contributed by atoms with Crippen molar-refractivity contribution in [3.8, 4) is 11.5 Å². The minimum Gasteiger partial charge on any atom is -0.504 e. The fraction of sp³-hybridized carbons (Fsp3) is 0.556. The zero-order valence-electron chi connectivity index (χ0n) is 14.8. The molecule has 1 aliphatic rings. The predicted octanol–water partition coefficient (Wildman–Crippen LogP) is 1.86. The van der Waals surface area contributed by atoms with Crippen LogP contribution in [0.4, 0.5) is 0 Å². The molecular weight excluding hydrogens is 308 g/mol. The molecule has 0 aliphatic carbocycles. The van der Waals surface area contributed by atoms with Crippen LogP contribution in [-0.4, -0.2) is 54.0 Å². The number of phenolic OH excluding ortho intramolecular Hbond substituents is 1. The second-order valence-corrected chi connectivity index (χ2v) is 6.79. The van der Waals surface area contributed by atoms with Crippen LogP contribution in [0.3, 0.4) is 0 Å². The Labute approximate surface area is 143 Å². The van der Waals surface area contributed by atoms with E-state index >= 15 is 0 Å². The molecule has 1 heterocycles. The zero-order valence-corrected chi connectivity index (χ0v) is 14.8. The molecule has 1 saturated heterocycles. The highest BCUT2D eigenvalue weighted by Gasteiger charge is 2.35. The van der Waals surface area contributed by atoms with Crippen molar-refractivity contribution in [2.75, 3.05) is 27.2 Å². The molecule has 132 valence electrons. The van der Waals surface area contributed by atoms with Gasteiger partial charge in [0.1, 0.15) is 0 Å². The van der Waals surface area contributed by atoms with Gasteiger partial charge in [0, 0.05) is 33.1 Å². The molecule has 0 aromatic heterocycles. The average Bonchev–Trinajstić information content (AvgIpc) is 2.87. The Balaban J connectivity index is 1.97. The number of ether oxygens (including phenoxy) is 1. The Hall–Kier alpha value is -2.24. The lowest BCUT2D eigenvalue weighted by atomic mass is 10.1. The first kappa shape index (κ1) is 18.1. The predicted molar refractivity (Wildman–Crippen MR) is 90.7 cm³/mol. The maximum Gasteiger partial charge on any atom is 0.228 e. The van der Waals surface area contributed by atoms with E-state index in [4.69, 9.17) is 4.74 Å². The number of hydrogen-bond acceptors (Lipinski definition) is 4. The Morgan fingerprint density at radius 1 is 1.46 bits per heavy atom. The number of rotatable bonds is 6. The topological polar surface area (TPSA) is 70.1 Å². The van der Waals surface area contributed by atoms with Gasteiger partial charge in [-0.2, -0.15) is 0 Å². The number of likely N-dealkylation sites (tertiary alicyclic amines) is 1. The van der Waals surface area contributed by atoms with Crippen molar-refractivity contribution >= 4 is 11.8 Å². The summed E-state index contributed by atoms with van der Waals surface area (Å²) in [6.07, 6.45) is 0.282. The quantitative estimate of drug-likeness (QED) is 0.862. The zero-order chi connectivity index (χ0) is 17.9. The van der Waals surface area contributed by atoms with Crippen LogP contribution in [0.5, 0.6) is 11.5 Å². The van der Waals surface area contributed by atoms with Gasteiger partial charge < -0.3 is 19.6 Å². The number of benzene rings is 1. The molecule has 1 aromatic rings. The molecule has 1 N–H and O–H groups in total. The lowest BCUT2D eigenvalue weighted by molar-refractivity contribution is -0.135. The smallest absolute Gasteiger partial charge is 0.228 e. The second-order valence-electron chi connectivity index (χ2n) is 6.79. The standard InChI is InChI=1S/C18H26N2O4/c1-12(2)9-20-11-14(8-17(20)22)18(23)19(3)10-13-5-6-16(24-4)15(21)7-13/h5-7,12,14,21H,8-11H2,1-4H3/t14-/m1/s1. The first-order valence-corrected chi connectivity index (χ1v) is 8.20. The van der Waals surface area contributed by atoms with Gasteiger partial charge in [-0.15, -0.1) is 0 Å². The Bertz CT molecular complexity index is 615. The fourth-order valence-corrected chi connectivity index (χ4v) is 3.05. The Kier molecular flexibility index (Phi) is 5.70. The first-order valence-electron chi connectivity index (χ1n) is 8.20. The van der Waals surface area contributed by atoms with Crippen molar-refractivity contribution in [2.45, 2.75) is 26.8 Å². The summed E-state index contributed by atoms with van der Waals surface area (Å²) in [5.74, 6) is 0.576. The van der Waals surface area contributed by atoms with Crippen LogP contribution in [0.15, 0.2) is 18.2 Å². The van der Waals surface area contributed by atoms with Gasteiger partial charge in [0.25, 0.3) is 0 Å². The molecule has 24 heavy (non-hydrogen) atoms. The summed E-state index contributed by atoms with van der Waals surface area (Å²) in [5.41, 5.74) is 0.813. The lowest BCUT2D eigenvalue weighted by Crippen LogP contribution is -2.35. The molecule has 1 aliphatic heterocycles. The van der Waals surface area contributed by atoms with E-state index in [9.17, 15) is 14.7 Å². The van der Waals surface area contributed by atoms with Crippen LogP contribution >= 0.6 is 0 Å². The van der Waals surface area contributed by atoms with Crippen LogP contribution in [0, 0.1) is 11.8 Å². The van der Waals surface area contributed by atoms with Crippen LogP contribution in [0.2, 0.25) is 0 Å². The summed E-state index contributed by atoms with van der Waals surface area (Å²) < 4.78 is 5.02. The molecule has 1 aromatic carbocycles. The van der Waals surface area contributed by atoms with E-state index in [1.54, 1.807) is 29.0 Å². The molecule has 0 bridgehead atoms. The van der Waals surface area contributed by atoms with E-state index in [-0.39, 0.29) is 29.9 Å². The summed E-state index contributed by atoms with van der Waals surface area (Å²) >= 11 is 0. The average molecular weight is 334 g/mol. The molecular formula is C18H26N2O4. The van der Waals surface area contributed by atoms with Crippen molar-refractivity contribution in [1.82, 2.24) is 9.80 Å². The van der Waals surface area contributed by atoms with Gasteiger partial charge in [-0.05, 0) is 23.6 Å². The third-order valence-corrected chi connectivity index (χ3v) is 4.19. The van der Waals surface area contributed by atoms with Crippen LogP contribution < -0.4 is 4.74 Å². The first-order chi connectivity index (χ1) is 11.3. The minimum atomic E-state index is -0.284. The van der Waals surface area contributed by atoms with Crippen molar-refractivity contribution in [1.29, 1.82) is 0 Å². The SMILES string of the molecule is COc1ccc(CN(C)C(=O)[C@@H]2CC(=O)N(CC(C)C)C2)cc1O. The van der Waals surface area contributed by atoms with E-state index in [0.717, 1.165) is 5.56 Å². The third-order valence-electron chi connectivity index (χ3n) is 4.19. The number of nitrogens with zero attached hydrogens (tertiary/aromatic N) is 2. The van der Waals surface area contributed by atoms with Crippen molar-refractivity contribution in [3.05, 3.63) is 23.8 Å². The summed E-state index contributed by atoms with van der Waals surface area (Å²) in [6.45, 7) is 5.69. The number of phenols is 1. The molecule has 0 radical (unpaired) electrons. The van der Waals surface area contributed by atoms with E-state index in [1.165, 1.54) is 7.11 Å². The van der Waals surface area contributed by atoms with E-state index < -0.39 is 0 Å². The minimum absolute atomic E-state index is 0.0371. The molecule has 0 saturated carbocycles.